The Bertz CT molecular complexity index is 820. The number of hydrogen-bond donors (Lipinski definition) is 1. The monoisotopic (exact) mass is 410 g/mol. The number of aryl methyl sites for hydroxylation is 1. The van der Waals surface area contributed by atoms with Gasteiger partial charge in [0.15, 0.2) is 5.11 Å². The van der Waals surface area contributed by atoms with Gasteiger partial charge >= 0.3 is 0 Å². The second-order valence-electron chi connectivity index (χ2n) is 7.43. The van der Waals surface area contributed by atoms with Crippen molar-refractivity contribution in [1.29, 1.82) is 0 Å². The Morgan fingerprint density at radius 2 is 1.83 bits per heavy atom. The number of rotatable bonds is 8. The van der Waals surface area contributed by atoms with Crippen LogP contribution >= 0.6 is 12.2 Å². The lowest BCUT2D eigenvalue weighted by Gasteiger charge is -2.31. The lowest BCUT2D eigenvalue weighted by Crippen LogP contribution is -2.45. The summed E-state index contributed by atoms with van der Waals surface area (Å²) in [7, 11) is 0. The zero-order valence-corrected chi connectivity index (χ0v) is 18.0. The first kappa shape index (κ1) is 21.3. The van der Waals surface area contributed by atoms with E-state index in [1.807, 2.05) is 29.2 Å². The van der Waals surface area contributed by atoms with Gasteiger partial charge in [-0.05, 0) is 67.4 Å². The van der Waals surface area contributed by atoms with E-state index in [1.165, 1.54) is 31.2 Å². The minimum atomic E-state index is -0.191. The first-order chi connectivity index (χ1) is 14.2. The van der Waals surface area contributed by atoms with Gasteiger partial charge in [-0.1, -0.05) is 50.8 Å². The van der Waals surface area contributed by atoms with Crippen molar-refractivity contribution in [2.75, 3.05) is 18.1 Å². The van der Waals surface area contributed by atoms with Crippen molar-refractivity contribution in [2.45, 2.75) is 51.9 Å². The van der Waals surface area contributed by atoms with Crippen LogP contribution in [-0.4, -0.2) is 24.2 Å². The molecule has 2 aromatic rings. The van der Waals surface area contributed by atoms with E-state index in [4.69, 9.17) is 17.0 Å². The second-order valence-corrected chi connectivity index (χ2v) is 7.82. The molecule has 0 aromatic heterocycles. The molecule has 154 valence electrons. The number of amides is 1. The van der Waals surface area contributed by atoms with Gasteiger partial charge in [-0.3, -0.25) is 10.1 Å². The molecule has 1 amide bonds. The molecule has 0 aliphatic carbocycles. The van der Waals surface area contributed by atoms with E-state index in [1.54, 1.807) is 12.1 Å². The molecule has 1 aliphatic heterocycles. The molecule has 1 N–H and O–H groups in total. The van der Waals surface area contributed by atoms with Crippen LogP contribution in [0.4, 0.5) is 5.69 Å². The zero-order valence-electron chi connectivity index (χ0n) is 17.2. The van der Waals surface area contributed by atoms with Gasteiger partial charge < -0.3 is 9.64 Å². The Morgan fingerprint density at radius 1 is 1.07 bits per heavy atom. The number of carbonyl (C=O) groups is 1. The van der Waals surface area contributed by atoms with Crippen molar-refractivity contribution >= 4 is 28.9 Å². The van der Waals surface area contributed by atoms with E-state index in [9.17, 15) is 4.79 Å². The van der Waals surface area contributed by atoms with Crippen LogP contribution in [0, 0.1) is 0 Å². The highest BCUT2D eigenvalue weighted by atomic mass is 32.1. The van der Waals surface area contributed by atoms with Gasteiger partial charge in [0, 0.05) is 17.8 Å². The summed E-state index contributed by atoms with van der Waals surface area (Å²) in [5.41, 5.74) is 2.94. The van der Waals surface area contributed by atoms with Gasteiger partial charge in [-0.25, -0.2) is 0 Å². The molecule has 0 saturated carbocycles. The van der Waals surface area contributed by atoms with E-state index < -0.39 is 0 Å². The number of fused-ring (bicyclic) bond motifs is 1. The first-order valence-corrected chi connectivity index (χ1v) is 11.0. The fourth-order valence-corrected chi connectivity index (χ4v) is 3.86. The molecule has 0 bridgehead atoms. The number of nitrogens with zero attached hydrogens (tertiary/aromatic N) is 1. The molecule has 0 unspecified atom stereocenters. The fraction of sp³-hybridized carbons (Fsp3) is 0.417. The maximum Gasteiger partial charge on any atom is 0.257 e. The number of anilines is 1. The van der Waals surface area contributed by atoms with E-state index in [-0.39, 0.29) is 5.91 Å². The van der Waals surface area contributed by atoms with Gasteiger partial charge in [0.25, 0.3) is 5.91 Å². The van der Waals surface area contributed by atoms with Gasteiger partial charge in [0.05, 0.1) is 6.61 Å². The smallest absolute Gasteiger partial charge is 0.257 e. The number of para-hydroxylation sites is 1. The Labute approximate surface area is 179 Å². The van der Waals surface area contributed by atoms with Crippen LogP contribution in [0.25, 0.3) is 0 Å². The van der Waals surface area contributed by atoms with Crippen LogP contribution in [-0.2, 0) is 6.42 Å². The van der Waals surface area contributed by atoms with Crippen LogP contribution in [0.3, 0.4) is 0 Å². The van der Waals surface area contributed by atoms with Crippen molar-refractivity contribution in [3.05, 3.63) is 59.7 Å². The van der Waals surface area contributed by atoms with Gasteiger partial charge in [0.2, 0.25) is 0 Å². The van der Waals surface area contributed by atoms with Gasteiger partial charge in [-0.15, -0.1) is 0 Å². The Kier molecular flexibility index (Phi) is 8.05. The zero-order chi connectivity index (χ0) is 20.5. The average molecular weight is 411 g/mol. The molecule has 5 heteroatoms. The molecule has 2 aromatic carbocycles. The van der Waals surface area contributed by atoms with Crippen LogP contribution < -0.4 is 15.0 Å². The molecule has 3 rings (SSSR count). The van der Waals surface area contributed by atoms with Gasteiger partial charge in [0.1, 0.15) is 5.75 Å². The number of carbonyl (C=O) groups excluding carboxylic acids is 1. The summed E-state index contributed by atoms with van der Waals surface area (Å²) in [4.78, 5) is 14.6. The second kappa shape index (κ2) is 11.0. The summed E-state index contributed by atoms with van der Waals surface area (Å²) in [6.45, 7) is 3.75. The van der Waals surface area contributed by atoms with Crippen molar-refractivity contribution < 1.29 is 9.53 Å². The third-order valence-corrected chi connectivity index (χ3v) is 5.53. The highest BCUT2D eigenvalue weighted by Gasteiger charge is 2.21. The minimum Gasteiger partial charge on any atom is -0.494 e. The van der Waals surface area contributed by atoms with E-state index >= 15 is 0 Å². The molecule has 0 radical (unpaired) electrons. The molecular weight excluding hydrogens is 380 g/mol. The predicted molar refractivity (Wildman–Crippen MR) is 123 cm³/mol. The van der Waals surface area contributed by atoms with E-state index in [2.05, 4.69) is 24.4 Å². The predicted octanol–water partition coefficient (Wildman–Crippen LogP) is 5.50. The number of hydrogen-bond acceptors (Lipinski definition) is 3. The summed E-state index contributed by atoms with van der Waals surface area (Å²) in [5.74, 6) is 0.605. The summed E-state index contributed by atoms with van der Waals surface area (Å²) in [6.07, 6.45) is 8.13. The van der Waals surface area contributed by atoms with Crippen LogP contribution in [0.5, 0.6) is 5.75 Å². The lowest BCUT2D eigenvalue weighted by atomic mass is 10.0. The summed E-state index contributed by atoms with van der Waals surface area (Å²) >= 11 is 5.52. The van der Waals surface area contributed by atoms with Crippen molar-refractivity contribution in [2.24, 2.45) is 0 Å². The third-order valence-electron chi connectivity index (χ3n) is 5.21. The number of unbranched alkanes of at least 4 members (excludes halogenated alkanes) is 4. The summed E-state index contributed by atoms with van der Waals surface area (Å²) < 4.78 is 5.77. The molecule has 1 aliphatic rings. The Morgan fingerprint density at radius 3 is 2.62 bits per heavy atom. The highest BCUT2D eigenvalue weighted by molar-refractivity contribution is 7.80. The molecule has 0 atom stereocenters. The highest BCUT2D eigenvalue weighted by Crippen LogP contribution is 2.26. The molecule has 0 saturated heterocycles. The van der Waals surface area contributed by atoms with Gasteiger partial charge in [-0.2, -0.15) is 0 Å². The molecule has 0 fully saturated rings. The van der Waals surface area contributed by atoms with Crippen molar-refractivity contribution in [3.8, 4) is 5.75 Å². The van der Waals surface area contributed by atoms with Crippen molar-refractivity contribution in [1.82, 2.24) is 5.32 Å². The minimum absolute atomic E-state index is 0.191. The molecule has 4 nitrogen and oxygen atoms in total. The van der Waals surface area contributed by atoms with E-state index in [0.717, 1.165) is 37.2 Å². The summed E-state index contributed by atoms with van der Waals surface area (Å²) in [6, 6.07) is 15.5. The van der Waals surface area contributed by atoms with Crippen LogP contribution in [0.2, 0.25) is 0 Å². The molecular formula is C24H30N2O2S. The molecule has 0 spiro atoms. The van der Waals surface area contributed by atoms with Crippen molar-refractivity contribution in [3.63, 3.8) is 0 Å². The van der Waals surface area contributed by atoms with E-state index in [0.29, 0.717) is 17.3 Å². The fourth-order valence-electron chi connectivity index (χ4n) is 3.58. The summed E-state index contributed by atoms with van der Waals surface area (Å²) in [5, 5.41) is 3.33. The Hall–Kier alpha value is -2.40. The third kappa shape index (κ3) is 6.04. The number of benzene rings is 2. The quantitative estimate of drug-likeness (QED) is 0.461. The maximum atomic E-state index is 12.6. The van der Waals surface area contributed by atoms with Crippen LogP contribution in [0.1, 0.15) is 61.4 Å². The number of ether oxygens (including phenoxy) is 1. The normalized spacial score (nSPS) is 12.9. The molecule has 1 heterocycles. The average Bonchev–Trinajstić information content (AvgIpc) is 2.76. The lowest BCUT2D eigenvalue weighted by molar-refractivity contribution is 0.0977. The maximum absolute atomic E-state index is 12.6. The number of nitrogens with one attached hydrogen (secondary N) is 1. The number of thiocarbonyl (C=S) groups is 1. The van der Waals surface area contributed by atoms with Crippen LogP contribution in [0.15, 0.2) is 48.5 Å². The standard InChI is InChI=1S/C24H30N2O2S/c1-2-3-4-5-8-18-28-21-15-13-20(14-16-21)23(27)25-24(29)26-17-9-11-19-10-6-7-12-22(19)26/h6-7,10,12-16H,2-5,8-9,11,17-18H2,1H3,(H,25,27,29). The Balaban J connectivity index is 1.50. The largest absolute Gasteiger partial charge is 0.494 e. The first-order valence-electron chi connectivity index (χ1n) is 10.6. The molecule has 29 heavy (non-hydrogen) atoms. The topological polar surface area (TPSA) is 41.6 Å². The SMILES string of the molecule is CCCCCCCOc1ccc(C(=O)NC(=S)N2CCCc3ccccc32)cc1.